The zero-order valence-electron chi connectivity index (χ0n) is 30.5. The van der Waals surface area contributed by atoms with Gasteiger partial charge in [-0.3, -0.25) is 0 Å². The maximum absolute atomic E-state index is 6.17. The molecule has 0 bridgehead atoms. The second-order valence-corrected chi connectivity index (χ2v) is 15.4. The minimum Gasteiger partial charge on any atom is -0.457 e. The van der Waals surface area contributed by atoms with Gasteiger partial charge in [-0.05, 0) is 116 Å². The Morgan fingerprint density at radius 3 is 1.46 bits per heavy atom. The number of nitrogen functional groups attached to an aromatic ring is 2. The Morgan fingerprint density at radius 2 is 0.980 bits per heavy atom. The summed E-state index contributed by atoms with van der Waals surface area (Å²) in [7, 11) is 0. The standard InChI is InChI=1S/C46H60N2O2/c1-2-3-4-5-6-7-8-9-12-35-17-19-36(20-18-35)37-29-31-46(32-30-37,38-21-25-42(26-22-38)49-44-15-10-13-40(47)33-44)39-23-27-43(28-24-39)50-45-16-11-14-41(48)34-45/h10-11,13-16,21-28,33-37H,2-9,12,17-20,29-32,47-48H2,1H3. The van der Waals surface area contributed by atoms with E-state index in [1.54, 1.807) is 0 Å². The predicted octanol–water partition coefficient (Wildman–Crippen LogP) is 13.2. The highest BCUT2D eigenvalue weighted by Crippen LogP contribution is 2.51. The van der Waals surface area contributed by atoms with E-state index in [0.717, 1.165) is 40.8 Å². The second-order valence-electron chi connectivity index (χ2n) is 15.4. The van der Waals surface area contributed by atoms with Crippen molar-refractivity contribution in [3.05, 3.63) is 108 Å². The molecule has 0 unspecified atom stereocenters. The lowest BCUT2D eigenvalue weighted by molar-refractivity contribution is 0.140. The van der Waals surface area contributed by atoms with Crippen LogP contribution >= 0.6 is 0 Å². The second kappa shape index (κ2) is 17.8. The lowest BCUT2D eigenvalue weighted by atomic mass is 9.60. The van der Waals surface area contributed by atoms with Gasteiger partial charge in [0.05, 0.1) is 0 Å². The van der Waals surface area contributed by atoms with E-state index in [4.69, 9.17) is 20.9 Å². The lowest BCUT2D eigenvalue weighted by Gasteiger charge is -2.44. The van der Waals surface area contributed by atoms with Gasteiger partial charge in [0.1, 0.15) is 23.0 Å². The Balaban J connectivity index is 1.09. The minimum absolute atomic E-state index is 0.0321. The van der Waals surface area contributed by atoms with Gasteiger partial charge in [0.2, 0.25) is 0 Å². The summed E-state index contributed by atoms with van der Waals surface area (Å²) in [5, 5.41) is 0. The zero-order chi connectivity index (χ0) is 34.6. The number of anilines is 2. The van der Waals surface area contributed by atoms with Gasteiger partial charge in [-0.2, -0.15) is 0 Å². The van der Waals surface area contributed by atoms with Crippen molar-refractivity contribution in [3.8, 4) is 23.0 Å². The largest absolute Gasteiger partial charge is 0.457 e. The maximum Gasteiger partial charge on any atom is 0.129 e. The van der Waals surface area contributed by atoms with E-state index in [1.165, 1.54) is 120 Å². The number of hydrogen-bond donors (Lipinski definition) is 2. The molecule has 0 aliphatic heterocycles. The first kappa shape index (κ1) is 35.9. The Hall–Kier alpha value is -3.92. The van der Waals surface area contributed by atoms with Crippen molar-refractivity contribution in [2.45, 2.75) is 121 Å². The Kier molecular flexibility index (Phi) is 12.8. The summed E-state index contributed by atoms with van der Waals surface area (Å²) < 4.78 is 12.3. The van der Waals surface area contributed by atoms with Crippen LogP contribution in [0.1, 0.15) is 127 Å². The molecule has 2 aliphatic carbocycles. The number of benzene rings is 4. The summed E-state index contributed by atoms with van der Waals surface area (Å²) in [6.07, 6.45) is 23.5. The van der Waals surface area contributed by atoms with Gasteiger partial charge in [0.25, 0.3) is 0 Å². The first-order chi connectivity index (χ1) is 24.5. The molecule has 2 aliphatic rings. The molecule has 4 heteroatoms. The zero-order valence-corrected chi connectivity index (χ0v) is 30.5. The average molecular weight is 673 g/mol. The molecule has 0 amide bonds. The lowest BCUT2D eigenvalue weighted by Crippen LogP contribution is -2.35. The molecule has 2 fully saturated rings. The molecule has 50 heavy (non-hydrogen) atoms. The smallest absolute Gasteiger partial charge is 0.129 e. The SMILES string of the molecule is CCCCCCCCCCC1CCC(C2CCC(c3ccc(Oc4cccc(N)c4)cc3)(c3ccc(Oc4cccc(N)c4)cc3)CC2)CC1. The van der Waals surface area contributed by atoms with E-state index in [2.05, 4.69) is 55.5 Å². The van der Waals surface area contributed by atoms with E-state index >= 15 is 0 Å². The van der Waals surface area contributed by atoms with Crippen molar-refractivity contribution >= 4 is 11.4 Å². The fourth-order valence-electron chi connectivity index (χ4n) is 8.98. The van der Waals surface area contributed by atoms with E-state index < -0.39 is 0 Å². The number of hydrogen-bond acceptors (Lipinski definition) is 4. The van der Waals surface area contributed by atoms with Gasteiger partial charge in [-0.25, -0.2) is 0 Å². The highest BCUT2D eigenvalue weighted by molar-refractivity contribution is 5.48. The van der Waals surface area contributed by atoms with Gasteiger partial charge >= 0.3 is 0 Å². The van der Waals surface area contributed by atoms with Crippen LogP contribution in [0.3, 0.4) is 0 Å². The van der Waals surface area contributed by atoms with Gasteiger partial charge in [0, 0.05) is 28.9 Å². The molecule has 0 spiro atoms. The molecular weight excluding hydrogens is 613 g/mol. The summed E-state index contributed by atoms with van der Waals surface area (Å²) in [5.41, 5.74) is 16.1. The minimum atomic E-state index is -0.0321. The Morgan fingerprint density at radius 1 is 0.520 bits per heavy atom. The van der Waals surface area contributed by atoms with Crippen LogP contribution in [0.15, 0.2) is 97.1 Å². The van der Waals surface area contributed by atoms with E-state index in [-0.39, 0.29) is 5.41 Å². The summed E-state index contributed by atoms with van der Waals surface area (Å²) >= 11 is 0. The van der Waals surface area contributed by atoms with Crippen LogP contribution in [-0.4, -0.2) is 0 Å². The summed E-state index contributed by atoms with van der Waals surface area (Å²) in [5.74, 6) is 5.88. The molecule has 4 aromatic carbocycles. The maximum atomic E-state index is 6.17. The molecule has 4 aromatic rings. The first-order valence-corrected chi connectivity index (χ1v) is 19.8. The van der Waals surface area contributed by atoms with Crippen molar-refractivity contribution < 1.29 is 9.47 Å². The van der Waals surface area contributed by atoms with E-state index in [1.807, 2.05) is 48.5 Å². The van der Waals surface area contributed by atoms with Crippen molar-refractivity contribution in [3.63, 3.8) is 0 Å². The first-order valence-electron chi connectivity index (χ1n) is 19.8. The Bertz CT molecular complexity index is 1490. The van der Waals surface area contributed by atoms with Crippen LogP contribution in [0.2, 0.25) is 0 Å². The van der Waals surface area contributed by atoms with E-state index in [0.29, 0.717) is 11.4 Å². The third-order valence-corrected chi connectivity index (χ3v) is 11.9. The normalized spacial score (nSPS) is 19.2. The van der Waals surface area contributed by atoms with Crippen molar-refractivity contribution in [1.29, 1.82) is 0 Å². The summed E-state index contributed by atoms with van der Waals surface area (Å²) in [6, 6.07) is 32.9. The quantitative estimate of drug-likeness (QED) is 0.0918. The van der Waals surface area contributed by atoms with Gasteiger partial charge < -0.3 is 20.9 Å². The molecule has 0 aromatic heterocycles. The third kappa shape index (κ3) is 9.65. The van der Waals surface area contributed by atoms with Crippen LogP contribution < -0.4 is 20.9 Å². The summed E-state index contributed by atoms with van der Waals surface area (Å²) in [4.78, 5) is 0. The van der Waals surface area contributed by atoms with Crippen LogP contribution in [0.25, 0.3) is 0 Å². The molecular formula is C46H60N2O2. The molecule has 6 rings (SSSR count). The molecule has 0 saturated heterocycles. The molecule has 4 N–H and O–H groups in total. The molecule has 0 atom stereocenters. The Labute approximate surface area is 302 Å². The van der Waals surface area contributed by atoms with Gasteiger partial charge in [0.15, 0.2) is 0 Å². The van der Waals surface area contributed by atoms with Crippen LogP contribution in [-0.2, 0) is 5.41 Å². The highest BCUT2D eigenvalue weighted by atomic mass is 16.5. The third-order valence-electron chi connectivity index (χ3n) is 11.9. The fourth-order valence-corrected chi connectivity index (χ4v) is 8.98. The van der Waals surface area contributed by atoms with Gasteiger partial charge in [-0.1, -0.05) is 114 Å². The molecule has 4 nitrogen and oxygen atoms in total. The average Bonchev–Trinajstić information content (AvgIpc) is 3.14. The van der Waals surface area contributed by atoms with Crippen LogP contribution in [0.4, 0.5) is 11.4 Å². The molecule has 2 saturated carbocycles. The summed E-state index contributed by atoms with van der Waals surface area (Å²) in [6.45, 7) is 2.30. The van der Waals surface area contributed by atoms with Crippen molar-refractivity contribution in [1.82, 2.24) is 0 Å². The number of ether oxygens (including phenoxy) is 2. The van der Waals surface area contributed by atoms with Crippen molar-refractivity contribution in [2.75, 3.05) is 11.5 Å². The van der Waals surface area contributed by atoms with E-state index in [9.17, 15) is 0 Å². The number of rotatable bonds is 16. The fraction of sp³-hybridized carbons (Fsp3) is 0.478. The highest BCUT2D eigenvalue weighted by Gasteiger charge is 2.41. The molecule has 0 heterocycles. The molecule has 266 valence electrons. The van der Waals surface area contributed by atoms with Crippen LogP contribution in [0, 0.1) is 17.8 Å². The number of nitrogens with two attached hydrogens (primary N) is 2. The molecule has 0 radical (unpaired) electrons. The van der Waals surface area contributed by atoms with Crippen LogP contribution in [0.5, 0.6) is 23.0 Å². The number of unbranched alkanes of at least 4 members (excludes halogenated alkanes) is 7. The van der Waals surface area contributed by atoms with Crippen molar-refractivity contribution in [2.24, 2.45) is 17.8 Å². The predicted molar refractivity (Wildman–Crippen MR) is 210 cm³/mol. The monoisotopic (exact) mass is 672 g/mol. The van der Waals surface area contributed by atoms with Gasteiger partial charge in [-0.15, -0.1) is 0 Å². The topological polar surface area (TPSA) is 70.5 Å².